The number of carbonyl (C=O) groups excluding carboxylic acids is 1. The van der Waals surface area contributed by atoms with Crippen LogP contribution in [0.3, 0.4) is 0 Å². The number of carbonyl (C=O) groups is 1. The molecule has 4 rings (SSSR count). The number of halogens is 2. The minimum absolute atomic E-state index is 0.243. The maximum absolute atomic E-state index is 13.7. The second-order valence-electron chi connectivity index (χ2n) is 14.0. The summed E-state index contributed by atoms with van der Waals surface area (Å²) in [5.41, 5.74) is 3.90. The molecule has 0 radical (unpaired) electrons. The number of nitrogens with zero attached hydrogens (tertiary/aromatic N) is 4. The van der Waals surface area contributed by atoms with Crippen molar-refractivity contribution < 1.29 is 19.0 Å². The average molecular weight is 672 g/mol. The van der Waals surface area contributed by atoms with E-state index in [0.717, 1.165) is 59.8 Å². The monoisotopic (exact) mass is 670 g/mol. The molecule has 0 saturated carbocycles. The number of piperidine rings is 1. The minimum atomic E-state index is -0.938. The summed E-state index contributed by atoms with van der Waals surface area (Å²) in [6.07, 6.45) is 4.59. The normalized spacial score (nSPS) is 15.5. The lowest BCUT2D eigenvalue weighted by molar-refractivity contribution is -0.171. The third kappa shape index (κ3) is 9.26. The molecule has 3 aromatic rings. The number of likely N-dealkylation sites (N-methyl/N-ethyl adjacent to an activating group) is 1. The summed E-state index contributed by atoms with van der Waals surface area (Å²) in [5, 5.41) is 1.04. The van der Waals surface area contributed by atoms with E-state index in [9.17, 15) is 4.79 Å². The molecule has 1 aliphatic heterocycles. The van der Waals surface area contributed by atoms with Crippen LogP contribution in [0.25, 0.3) is 11.1 Å². The minimum Gasteiger partial charge on any atom is -0.490 e. The van der Waals surface area contributed by atoms with Crippen LogP contribution in [0.5, 0.6) is 5.75 Å². The van der Waals surface area contributed by atoms with Crippen molar-refractivity contribution in [1.82, 2.24) is 9.97 Å². The Morgan fingerprint density at radius 3 is 2.35 bits per heavy atom. The van der Waals surface area contributed by atoms with Crippen LogP contribution in [0.1, 0.15) is 78.7 Å². The molecule has 10 heteroatoms. The van der Waals surface area contributed by atoms with Crippen LogP contribution in [-0.2, 0) is 14.3 Å². The molecule has 3 heterocycles. The second-order valence-corrected chi connectivity index (χ2v) is 14.9. The maximum atomic E-state index is 13.7. The van der Waals surface area contributed by atoms with Crippen molar-refractivity contribution in [3.05, 3.63) is 64.0 Å². The van der Waals surface area contributed by atoms with Gasteiger partial charge in [-0.15, -0.1) is 0 Å². The molecule has 0 aliphatic carbocycles. The molecule has 8 nitrogen and oxygen atoms in total. The molecule has 1 aliphatic rings. The van der Waals surface area contributed by atoms with Gasteiger partial charge < -0.3 is 24.0 Å². The van der Waals surface area contributed by atoms with Crippen molar-refractivity contribution in [1.29, 1.82) is 0 Å². The van der Waals surface area contributed by atoms with Gasteiger partial charge in [-0.2, -0.15) is 0 Å². The first kappa shape index (κ1) is 35.8. The number of rotatable bonds is 11. The third-order valence-corrected chi connectivity index (χ3v) is 8.58. The van der Waals surface area contributed by atoms with Crippen molar-refractivity contribution in [2.75, 3.05) is 43.1 Å². The zero-order valence-corrected chi connectivity index (χ0v) is 30.1. The second kappa shape index (κ2) is 14.8. The number of pyridine rings is 2. The number of esters is 1. The van der Waals surface area contributed by atoms with Crippen LogP contribution in [0.2, 0.25) is 10.0 Å². The summed E-state index contributed by atoms with van der Waals surface area (Å²) in [4.78, 5) is 27.7. The van der Waals surface area contributed by atoms with E-state index in [1.165, 1.54) is 0 Å². The van der Waals surface area contributed by atoms with Crippen LogP contribution < -0.4 is 14.5 Å². The number of benzene rings is 1. The summed E-state index contributed by atoms with van der Waals surface area (Å²) in [6.45, 7) is 18.8. The van der Waals surface area contributed by atoms with Gasteiger partial charge in [-0.25, -0.2) is 9.78 Å². The van der Waals surface area contributed by atoms with E-state index in [1.807, 2.05) is 72.0 Å². The van der Waals surface area contributed by atoms with Gasteiger partial charge >= 0.3 is 5.97 Å². The molecular formula is C36H48Cl2N4O4. The number of ether oxygens (including phenoxy) is 3. The zero-order valence-electron chi connectivity index (χ0n) is 28.6. The van der Waals surface area contributed by atoms with Gasteiger partial charge in [0.05, 0.1) is 29.0 Å². The van der Waals surface area contributed by atoms with Crippen LogP contribution in [-0.4, -0.2) is 60.9 Å². The number of aromatic nitrogens is 2. The SMILES string of the molecule is Cc1ncc(-c2ccc(N(C)CCOc3ccc(Cl)cc3Cl)nc2)c(N2CCC(C)(C)CC2)c1[C@H](OC(C)(C)C)C(=O)OC(C)C. The van der Waals surface area contributed by atoms with Gasteiger partial charge in [0.1, 0.15) is 18.2 Å². The van der Waals surface area contributed by atoms with E-state index in [2.05, 4.69) is 24.8 Å². The van der Waals surface area contributed by atoms with Gasteiger partial charge in [-0.05, 0) is 90.1 Å². The Labute approximate surface area is 284 Å². The van der Waals surface area contributed by atoms with Crippen molar-refractivity contribution in [3.8, 4) is 16.9 Å². The molecule has 0 amide bonds. The van der Waals surface area contributed by atoms with E-state index in [1.54, 1.807) is 18.2 Å². The first-order valence-corrected chi connectivity index (χ1v) is 16.7. The van der Waals surface area contributed by atoms with Crippen molar-refractivity contribution in [2.45, 2.75) is 86.0 Å². The molecule has 0 bridgehead atoms. The van der Waals surface area contributed by atoms with Crippen molar-refractivity contribution in [2.24, 2.45) is 5.41 Å². The number of aryl methyl sites for hydroxylation is 1. The van der Waals surface area contributed by atoms with E-state index < -0.39 is 17.7 Å². The molecule has 0 spiro atoms. The summed E-state index contributed by atoms with van der Waals surface area (Å²) in [7, 11) is 1.97. The molecule has 1 atom stereocenters. The standard InChI is InChI=1S/C36H48Cl2N4O4/c1-23(2)45-34(43)33(46-35(4,5)6)31-24(3)39-22-27(32(31)42-16-14-36(7,8)15-17-42)25-10-13-30(40-21-25)41(9)18-19-44-29-12-11-26(37)20-28(29)38/h10-13,20-23,33H,14-19H2,1-9H3/t33-/m0/s1. The Kier molecular flexibility index (Phi) is 11.5. The first-order valence-electron chi connectivity index (χ1n) is 15.9. The molecule has 0 unspecified atom stereocenters. The fourth-order valence-corrected chi connectivity index (χ4v) is 5.92. The van der Waals surface area contributed by atoms with Crippen molar-refractivity contribution >= 4 is 40.7 Å². The van der Waals surface area contributed by atoms with Gasteiger partial charge in [0.25, 0.3) is 0 Å². The first-order chi connectivity index (χ1) is 21.5. The number of hydrogen-bond acceptors (Lipinski definition) is 8. The Morgan fingerprint density at radius 2 is 1.76 bits per heavy atom. The highest BCUT2D eigenvalue weighted by atomic mass is 35.5. The lowest BCUT2D eigenvalue weighted by Crippen LogP contribution is -2.39. The largest absolute Gasteiger partial charge is 0.490 e. The van der Waals surface area contributed by atoms with Gasteiger partial charge in [0.15, 0.2) is 6.10 Å². The molecular weight excluding hydrogens is 623 g/mol. The van der Waals surface area contributed by atoms with E-state index >= 15 is 0 Å². The Balaban J connectivity index is 1.68. The van der Waals surface area contributed by atoms with Crippen LogP contribution in [0, 0.1) is 12.3 Å². The fourth-order valence-electron chi connectivity index (χ4n) is 5.45. The van der Waals surface area contributed by atoms with Gasteiger partial charge in [-0.1, -0.05) is 37.0 Å². The molecule has 46 heavy (non-hydrogen) atoms. The Hall–Kier alpha value is -3.07. The van der Waals surface area contributed by atoms with Crippen LogP contribution in [0.4, 0.5) is 11.5 Å². The molecule has 1 saturated heterocycles. The molecule has 1 aromatic carbocycles. The van der Waals surface area contributed by atoms with Gasteiger partial charge in [0, 0.05) is 59.9 Å². The molecule has 0 N–H and O–H groups in total. The highest BCUT2D eigenvalue weighted by Gasteiger charge is 2.37. The van der Waals surface area contributed by atoms with Crippen molar-refractivity contribution in [3.63, 3.8) is 0 Å². The third-order valence-electron chi connectivity index (χ3n) is 8.05. The van der Waals surface area contributed by atoms with Crippen LogP contribution >= 0.6 is 23.2 Å². The Morgan fingerprint density at radius 1 is 1.07 bits per heavy atom. The van der Waals surface area contributed by atoms with E-state index in [-0.39, 0.29) is 11.5 Å². The number of hydrogen-bond donors (Lipinski definition) is 0. The molecule has 1 fully saturated rings. The average Bonchev–Trinajstić information content (AvgIpc) is 2.96. The lowest BCUT2D eigenvalue weighted by atomic mass is 9.82. The fraction of sp³-hybridized carbons (Fsp3) is 0.528. The predicted octanol–water partition coefficient (Wildman–Crippen LogP) is 8.71. The van der Waals surface area contributed by atoms with E-state index in [4.69, 9.17) is 47.4 Å². The highest BCUT2D eigenvalue weighted by Crippen LogP contribution is 2.44. The summed E-state index contributed by atoms with van der Waals surface area (Å²) in [6, 6.07) is 9.22. The predicted molar refractivity (Wildman–Crippen MR) is 187 cm³/mol. The maximum Gasteiger partial charge on any atom is 0.340 e. The quantitative estimate of drug-likeness (QED) is 0.188. The van der Waals surface area contributed by atoms with Crippen LogP contribution in [0.15, 0.2) is 42.7 Å². The Bertz CT molecular complexity index is 1500. The lowest BCUT2D eigenvalue weighted by Gasteiger charge is -2.41. The smallest absolute Gasteiger partial charge is 0.340 e. The number of anilines is 2. The highest BCUT2D eigenvalue weighted by molar-refractivity contribution is 6.35. The summed E-state index contributed by atoms with van der Waals surface area (Å²) < 4.78 is 18.1. The van der Waals surface area contributed by atoms with Gasteiger partial charge in [0.2, 0.25) is 0 Å². The molecule has 250 valence electrons. The topological polar surface area (TPSA) is 77.0 Å². The van der Waals surface area contributed by atoms with E-state index in [0.29, 0.717) is 28.9 Å². The summed E-state index contributed by atoms with van der Waals surface area (Å²) in [5.74, 6) is 0.971. The molecule has 2 aromatic heterocycles. The summed E-state index contributed by atoms with van der Waals surface area (Å²) >= 11 is 12.3. The van der Waals surface area contributed by atoms with Gasteiger partial charge in [-0.3, -0.25) is 4.98 Å². The zero-order chi connectivity index (χ0) is 33.8.